The van der Waals surface area contributed by atoms with Crippen molar-refractivity contribution in [3.8, 4) is 0 Å². The third-order valence-corrected chi connectivity index (χ3v) is 5.65. The van der Waals surface area contributed by atoms with E-state index in [0.29, 0.717) is 6.04 Å². The van der Waals surface area contributed by atoms with Gasteiger partial charge in [0.05, 0.1) is 11.4 Å². The van der Waals surface area contributed by atoms with Crippen LogP contribution in [-0.4, -0.2) is 12.6 Å². The zero-order valence-corrected chi connectivity index (χ0v) is 15.2. The molecule has 3 N–H and O–H groups in total. The normalized spacial score (nSPS) is 25.6. The first kappa shape index (κ1) is 17.9. The van der Waals surface area contributed by atoms with Crippen molar-refractivity contribution in [2.75, 3.05) is 11.6 Å². The van der Waals surface area contributed by atoms with Gasteiger partial charge in [0.1, 0.15) is 5.82 Å². The summed E-state index contributed by atoms with van der Waals surface area (Å²) in [6, 6.07) is 6.77. The molecule has 0 saturated heterocycles. The van der Waals surface area contributed by atoms with Gasteiger partial charge in [0, 0.05) is 11.5 Å². The highest BCUT2D eigenvalue weighted by molar-refractivity contribution is 5.58. The van der Waals surface area contributed by atoms with E-state index in [1.54, 1.807) is 17.1 Å². The average Bonchev–Trinajstić information content (AvgIpc) is 2.94. The number of allylic oxidation sites excluding steroid dienone is 3. The Morgan fingerprint density at radius 3 is 2.76 bits per heavy atom. The van der Waals surface area contributed by atoms with Crippen LogP contribution in [0.2, 0.25) is 0 Å². The summed E-state index contributed by atoms with van der Waals surface area (Å²) < 4.78 is 13.2. The minimum Gasteiger partial charge on any atom is -0.313 e. The van der Waals surface area contributed by atoms with E-state index in [4.69, 9.17) is 5.84 Å². The number of rotatable bonds is 6. The lowest BCUT2D eigenvalue weighted by Crippen LogP contribution is -2.43. The van der Waals surface area contributed by atoms with Crippen LogP contribution in [0.1, 0.15) is 39.5 Å². The first-order valence-corrected chi connectivity index (χ1v) is 9.10. The quantitative estimate of drug-likeness (QED) is 0.593. The molecule has 1 unspecified atom stereocenters. The maximum Gasteiger partial charge on any atom is 0.123 e. The van der Waals surface area contributed by atoms with Crippen molar-refractivity contribution in [3.63, 3.8) is 0 Å². The van der Waals surface area contributed by atoms with Crippen LogP contribution in [0, 0.1) is 11.2 Å². The highest BCUT2D eigenvalue weighted by Gasteiger charge is 2.45. The Balaban J connectivity index is 1.91. The van der Waals surface area contributed by atoms with Crippen LogP contribution in [0.4, 0.5) is 10.1 Å². The summed E-state index contributed by atoms with van der Waals surface area (Å²) in [6.45, 7) is 9.60. The molecule has 1 fully saturated rings. The van der Waals surface area contributed by atoms with Gasteiger partial charge in [-0.2, -0.15) is 0 Å². The zero-order chi connectivity index (χ0) is 18.0. The van der Waals surface area contributed by atoms with E-state index >= 15 is 0 Å². The molecule has 2 aliphatic rings. The van der Waals surface area contributed by atoms with E-state index < -0.39 is 0 Å². The summed E-state index contributed by atoms with van der Waals surface area (Å²) >= 11 is 0. The van der Waals surface area contributed by atoms with E-state index in [9.17, 15) is 4.39 Å². The van der Waals surface area contributed by atoms with Crippen molar-refractivity contribution in [3.05, 3.63) is 65.7 Å². The van der Waals surface area contributed by atoms with Crippen LogP contribution in [0.25, 0.3) is 0 Å². The van der Waals surface area contributed by atoms with E-state index in [0.717, 1.165) is 49.2 Å². The lowest BCUT2D eigenvalue weighted by atomic mass is 9.72. The molecule has 134 valence electrons. The number of benzene rings is 1. The lowest BCUT2D eigenvalue weighted by molar-refractivity contribution is 0.295. The molecule has 3 nitrogen and oxygen atoms in total. The third kappa shape index (κ3) is 3.29. The lowest BCUT2D eigenvalue weighted by Gasteiger charge is -2.39. The van der Waals surface area contributed by atoms with Crippen molar-refractivity contribution in [1.82, 2.24) is 5.32 Å². The smallest absolute Gasteiger partial charge is 0.123 e. The molecule has 4 heteroatoms. The molecule has 2 atom stereocenters. The number of hydrogen-bond acceptors (Lipinski definition) is 3. The van der Waals surface area contributed by atoms with Crippen LogP contribution < -0.4 is 16.2 Å². The molecule has 0 aromatic heterocycles. The van der Waals surface area contributed by atoms with Crippen molar-refractivity contribution >= 4 is 5.69 Å². The first-order valence-electron chi connectivity index (χ1n) is 9.10. The third-order valence-electron chi connectivity index (χ3n) is 5.65. The molecule has 0 aliphatic heterocycles. The van der Waals surface area contributed by atoms with Crippen molar-refractivity contribution in [2.24, 2.45) is 11.3 Å². The van der Waals surface area contributed by atoms with Gasteiger partial charge in [-0.15, -0.1) is 0 Å². The molecule has 2 aliphatic carbocycles. The van der Waals surface area contributed by atoms with Gasteiger partial charge in [-0.3, -0.25) is 5.01 Å². The molecule has 0 bridgehead atoms. The molecule has 0 heterocycles. The monoisotopic (exact) mass is 341 g/mol. The molecule has 3 rings (SSSR count). The van der Waals surface area contributed by atoms with Gasteiger partial charge in [-0.1, -0.05) is 32.1 Å². The number of nitrogens with one attached hydrogen (secondary N) is 1. The summed E-state index contributed by atoms with van der Waals surface area (Å²) in [5.74, 6) is 6.11. The summed E-state index contributed by atoms with van der Waals surface area (Å²) in [7, 11) is 0. The molecular weight excluding hydrogens is 313 g/mol. The first-order chi connectivity index (χ1) is 12.0. The molecule has 0 spiro atoms. The van der Waals surface area contributed by atoms with Crippen molar-refractivity contribution in [2.45, 2.75) is 45.6 Å². The number of hydrazine groups is 1. The van der Waals surface area contributed by atoms with Crippen molar-refractivity contribution < 1.29 is 4.39 Å². The molecule has 25 heavy (non-hydrogen) atoms. The number of halogens is 1. The van der Waals surface area contributed by atoms with Gasteiger partial charge in [-0.05, 0) is 68.1 Å². The molecular formula is C21H28FN3. The molecule has 1 saturated carbocycles. The van der Waals surface area contributed by atoms with Crippen LogP contribution in [0.15, 0.2) is 59.8 Å². The van der Waals surface area contributed by atoms with Gasteiger partial charge in [-0.25, -0.2) is 10.2 Å². The van der Waals surface area contributed by atoms with Crippen molar-refractivity contribution in [1.29, 1.82) is 0 Å². The maximum absolute atomic E-state index is 13.2. The standard InChI is InChI=1S/C21H28FN3/c1-4-12-24-20-11-6-16-13-19(15(5-2)14-21(16,20)3)25(23)18-9-7-17(22)8-10-18/h5,7-10,13,20,24H,2,4,6,11-12,14,23H2,1,3H3/t20-,21?/m0/s1. The zero-order valence-electron chi connectivity index (χ0n) is 15.2. The Morgan fingerprint density at radius 1 is 1.40 bits per heavy atom. The Hall–Kier alpha value is -1.91. The van der Waals surface area contributed by atoms with Gasteiger partial charge < -0.3 is 5.32 Å². The highest BCUT2D eigenvalue weighted by Crippen LogP contribution is 2.51. The number of fused-ring (bicyclic) bond motifs is 1. The number of anilines is 1. The molecule has 0 amide bonds. The fourth-order valence-electron chi connectivity index (χ4n) is 4.13. The Morgan fingerprint density at radius 2 is 2.12 bits per heavy atom. The SMILES string of the molecule is C=CC1=C(N(N)c2ccc(F)cc2)C=C2CC[C@H](NCCC)C2(C)C1. The Labute approximate surface area is 150 Å². The van der Waals surface area contributed by atoms with Crippen LogP contribution >= 0.6 is 0 Å². The summed E-state index contributed by atoms with van der Waals surface area (Å²) in [5.41, 5.74) is 4.44. The number of hydrogen-bond donors (Lipinski definition) is 2. The molecule has 0 radical (unpaired) electrons. The van der Waals surface area contributed by atoms with Gasteiger partial charge in [0.2, 0.25) is 0 Å². The second kappa shape index (κ2) is 7.14. The average molecular weight is 341 g/mol. The maximum atomic E-state index is 13.2. The Kier molecular flexibility index (Phi) is 5.11. The predicted octanol–water partition coefficient (Wildman–Crippen LogP) is 4.44. The highest BCUT2D eigenvalue weighted by atomic mass is 19.1. The second-order valence-electron chi connectivity index (χ2n) is 7.27. The summed E-state index contributed by atoms with van der Waals surface area (Å²) in [4.78, 5) is 0. The minimum absolute atomic E-state index is 0.117. The van der Waals surface area contributed by atoms with Gasteiger partial charge in [0.15, 0.2) is 0 Å². The molecule has 1 aromatic rings. The number of nitrogens with two attached hydrogens (primary N) is 1. The minimum atomic E-state index is -0.259. The van der Waals surface area contributed by atoms with Gasteiger partial charge in [0.25, 0.3) is 0 Å². The van der Waals surface area contributed by atoms with E-state index in [2.05, 4.69) is 31.8 Å². The van der Waals surface area contributed by atoms with E-state index in [1.165, 1.54) is 17.7 Å². The largest absolute Gasteiger partial charge is 0.313 e. The summed E-state index contributed by atoms with van der Waals surface area (Å²) in [5, 5.41) is 5.36. The van der Waals surface area contributed by atoms with Crippen LogP contribution in [0.3, 0.4) is 0 Å². The van der Waals surface area contributed by atoms with E-state index in [1.807, 2.05) is 6.08 Å². The topological polar surface area (TPSA) is 41.3 Å². The summed E-state index contributed by atoms with van der Waals surface area (Å²) in [6.07, 6.45) is 8.43. The van der Waals surface area contributed by atoms with Crippen LogP contribution in [-0.2, 0) is 0 Å². The second-order valence-corrected chi connectivity index (χ2v) is 7.27. The number of nitrogens with zero attached hydrogens (tertiary/aromatic N) is 1. The molecule has 1 aromatic carbocycles. The van der Waals surface area contributed by atoms with Gasteiger partial charge >= 0.3 is 0 Å². The fraction of sp³-hybridized carbons (Fsp3) is 0.429. The van der Waals surface area contributed by atoms with Crippen LogP contribution in [0.5, 0.6) is 0 Å². The fourth-order valence-corrected chi connectivity index (χ4v) is 4.13. The predicted molar refractivity (Wildman–Crippen MR) is 102 cm³/mol. The van der Waals surface area contributed by atoms with E-state index in [-0.39, 0.29) is 11.2 Å². The Bertz CT molecular complexity index is 704.